The maximum atomic E-state index is 10.5. The van der Waals surface area contributed by atoms with Crippen LogP contribution in [0.25, 0.3) is 11.0 Å². The Morgan fingerprint density at radius 3 is 2.31 bits per heavy atom. The van der Waals surface area contributed by atoms with Crippen LogP contribution in [0.15, 0.2) is 71.3 Å². The molecule has 1 atom stereocenters. The highest BCUT2D eigenvalue weighted by atomic mass is 35.5. The predicted molar refractivity (Wildman–Crippen MR) is 100 cm³/mol. The third kappa shape index (κ3) is 3.07. The molecule has 5 nitrogen and oxygen atoms in total. The molecule has 0 saturated heterocycles. The summed E-state index contributed by atoms with van der Waals surface area (Å²) in [6.07, 6.45) is 0.725. The number of nitrogens with one attached hydrogen (secondary N) is 1. The summed E-state index contributed by atoms with van der Waals surface area (Å²) in [5.74, 6) is 0.492. The van der Waals surface area contributed by atoms with Crippen LogP contribution in [0.4, 0.5) is 0 Å². The Labute approximate surface area is 155 Å². The predicted octanol–water partition coefficient (Wildman–Crippen LogP) is 3.95. The molecule has 0 spiro atoms. The summed E-state index contributed by atoms with van der Waals surface area (Å²) in [4.78, 5) is 0. The molecule has 0 aliphatic heterocycles. The van der Waals surface area contributed by atoms with Crippen LogP contribution < -0.4 is 5.62 Å². The molecule has 132 valence electrons. The van der Waals surface area contributed by atoms with E-state index in [0.717, 1.165) is 16.6 Å². The van der Waals surface area contributed by atoms with Gasteiger partial charge < -0.3 is 18.7 Å². The van der Waals surface area contributed by atoms with E-state index in [1.165, 1.54) is 6.26 Å². The molecule has 0 fully saturated rings. The molecule has 0 bridgehead atoms. The third-order valence-corrected chi connectivity index (χ3v) is 4.71. The maximum absolute atomic E-state index is 10.5. The molecule has 2 aromatic heterocycles. The maximum Gasteiger partial charge on any atom is 0.203 e. The first-order valence-corrected chi connectivity index (χ1v) is 8.70. The molecule has 0 unspecified atom stereocenters. The largest absolute Gasteiger partial charge is 0.467 e. The minimum absolute atomic E-state index is 0.250. The molecule has 0 amide bonds. The number of fused-ring (bicyclic) bond motifs is 1. The van der Waals surface area contributed by atoms with Gasteiger partial charge in [-0.3, -0.25) is 5.41 Å². The average Bonchev–Trinajstić information content (AvgIpc) is 3.27. The van der Waals surface area contributed by atoms with Crippen LogP contribution in [-0.2, 0) is 13.1 Å². The lowest BCUT2D eigenvalue weighted by Gasteiger charge is -2.10. The van der Waals surface area contributed by atoms with Gasteiger partial charge in [0.2, 0.25) is 5.62 Å². The second kappa shape index (κ2) is 6.86. The van der Waals surface area contributed by atoms with Gasteiger partial charge in [-0.2, -0.15) is 0 Å². The quantitative estimate of drug-likeness (QED) is 0.560. The van der Waals surface area contributed by atoms with Gasteiger partial charge in [0.25, 0.3) is 0 Å². The highest BCUT2D eigenvalue weighted by Crippen LogP contribution is 2.20. The fraction of sp³-hybridized carbons (Fsp3) is 0.150. The van der Waals surface area contributed by atoms with E-state index in [1.54, 1.807) is 16.7 Å². The Morgan fingerprint density at radius 1 is 0.962 bits per heavy atom. The van der Waals surface area contributed by atoms with Crippen molar-refractivity contribution in [2.24, 2.45) is 0 Å². The molecule has 4 rings (SSSR count). The number of nitrogens with zero attached hydrogens (tertiary/aromatic N) is 2. The van der Waals surface area contributed by atoms with Crippen molar-refractivity contribution >= 4 is 22.6 Å². The first-order valence-electron chi connectivity index (χ1n) is 8.32. The minimum atomic E-state index is -0.811. The summed E-state index contributed by atoms with van der Waals surface area (Å²) in [6, 6.07) is 18.9. The number of aliphatic hydroxyl groups is 1. The first-order chi connectivity index (χ1) is 12.6. The van der Waals surface area contributed by atoms with E-state index in [0.29, 0.717) is 22.9 Å². The van der Waals surface area contributed by atoms with Crippen LogP contribution in [0.5, 0.6) is 0 Å². The summed E-state index contributed by atoms with van der Waals surface area (Å²) >= 11 is 5.97. The number of furan rings is 1. The molecule has 0 saturated carbocycles. The lowest BCUT2D eigenvalue weighted by molar-refractivity contribution is 0.130. The number of halogens is 1. The van der Waals surface area contributed by atoms with Gasteiger partial charge in [-0.1, -0.05) is 35.9 Å². The minimum Gasteiger partial charge on any atom is -0.467 e. The van der Waals surface area contributed by atoms with Gasteiger partial charge in [0, 0.05) is 5.02 Å². The lowest BCUT2D eigenvalue weighted by Crippen LogP contribution is -2.27. The Bertz CT molecular complexity index is 1080. The van der Waals surface area contributed by atoms with Gasteiger partial charge in [0.15, 0.2) is 0 Å². The monoisotopic (exact) mass is 367 g/mol. The number of aromatic nitrogens is 2. The number of benzene rings is 2. The van der Waals surface area contributed by atoms with Crippen molar-refractivity contribution in [1.29, 1.82) is 5.41 Å². The van der Waals surface area contributed by atoms with Gasteiger partial charge in [-0.05, 0) is 42.0 Å². The molecule has 26 heavy (non-hydrogen) atoms. The number of hydrogen-bond donors (Lipinski definition) is 2. The Balaban J connectivity index is 1.75. The normalized spacial score (nSPS) is 12.5. The highest BCUT2D eigenvalue weighted by molar-refractivity contribution is 6.30. The molecule has 0 radical (unpaired) electrons. The van der Waals surface area contributed by atoms with Gasteiger partial charge in [0.05, 0.1) is 30.4 Å². The van der Waals surface area contributed by atoms with E-state index in [9.17, 15) is 5.11 Å². The number of para-hydroxylation sites is 2. The van der Waals surface area contributed by atoms with Crippen LogP contribution in [0.1, 0.15) is 17.4 Å². The van der Waals surface area contributed by atoms with E-state index in [4.69, 9.17) is 21.4 Å². The number of imidazole rings is 1. The molecule has 6 heteroatoms. The van der Waals surface area contributed by atoms with E-state index in [1.807, 2.05) is 53.1 Å². The van der Waals surface area contributed by atoms with Crippen LogP contribution in [0.2, 0.25) is 5.02 Å². The van der Waals surface area contributed by atoms with Crippen LogP contribution >= 0.6 is 11.6 Å². The second-order valence-electron chi connectivity index (χ2n) is 6.17. The molecular weight excluding hydrogens is 350 g/mol. The fourth-order valence-electron chi connectivity index (χ4n) is 3.16. The Hall–Kier alpha value is -2.76. The van der Waals surface area contributed by atoms with Crippen LogP contribution in [0, 0.1) is 5.41 Å². The summed E-state index contributed by atoms with van der Waals surface area (Å²) in [6.45, 7) is 0.806. The summed E-state index contributed by atoms with van der Waals surface area (Å²) in [5.41, 5.74) is 3.23. The van der Waals surface area contributed by atoms with Crippen molar-refractivity contribution in [3.05, 3.63) is 88.9 Å². The van der Waals surface area contributed by atoms with Gasteiger partial charge in [-0.25, -0.2) is 0 Å². The van der Waals surface area contributed by atoms with E-state index in [2.05, 4.69) is 0 Å². The van der Waals surface area contributed by atoms with Gasteiger partial charge >= 0.3 is 0 Å². The van der Waals surface area contributed by atoms with Crippen molar-refractivity contribution in [3.8, 4) is 0 Å². The fourth-order valence-corrected chi connectivity index (χ4v) is 3.28. The lowest BCUT2D eigenvalue weighted by atomic mass is 10.2. The molecular formula is C20H18ClN3O2. The molecule has 0 aliphatic carbocycles. The van der Waals surface area contributed by atoms with Gasteiger partial charge in [0.1, 0.15) is 11.9 Å². The zero-order valence-corrected chi connectivity index (χ0v) is 14.7. The smallest absolute Gasteiger partial charge is 0.203 e. The molecule has 0 aliphatic rings. The van der Waals surface area contributed by atoms with E-state index < -0.39 is 6.10 Å². The highest BCUT2D eigenvalue weighted by Gasteiger charge is 2.16. The summed E-state index contributed by atoms with van der Waals surface area (Å²) < 4.78 is 9.02. The number of hydrogen-bond acceptors (Lipinski definition) is 3. The Morgan fingerprint density at radius 2 is 1.65 bits per heavy atom. The first kappa shape index (κ1) is 16.7. The van der Waals surface area contributed by atoms with Crippen LogP contribution in [0.3, 0.4) is 0 Å². The standard InChI is InChI=1S/C20H18ClN3O2/c21-15-9-7-14(8-10-15)12-23-16-4-1-2-5-17(16)24(20(23)22)13-18(25)19-6-3-11-26-19/h1-11,18,22,25H,12-13H2/t18-/m0/s1. The zero-order chi connectivity index (χ0) is 18.1. The van der Waals surface area contributed by atoms with Crippen LogP contribution in [-0.4, -0.2) is 14.2 Å². The number of rotatable bonds is 5. The van der Waals surface area contributed by atoms with Gasteiger partial charge in [-0.15, -0.1) is 0 Å². The number of aliphatic hydroxyl groups excluding tert-OH is 1. The second-order valence-corrected chi connectivity index (χ2v) is 6.60. The van der Waals surface area contributed by atoms with Crippen molar-refractivity contribution in [1.82, 2.24) is 9.13 Å². The van der Waals surface area contributed by atoms with E-state index in [-0.39, 0.29) is 6.54 Å². The zero-order valence-electron chi connectivity index (χ0n) is 14.0. The van der Waals surface area contributed by atoms with Crippen molar-refractivity contribution in [2.75, 3.05) is 0 Å². The molecule has 4 aromatic rings. The molecule has 2 N–H and O–H groups in total. The summed E-state index contributed by atoms with van der Waals surface area (Å²) in [5, 5.41) is 19.8. The molecule has 2 heterocycles. The average molecular weight is 368 g/mol. The van der Waals surface area contributed by atoms with Crippen molar-refractivity contribution in [3.63, 3.8) is 0 Å². The van der Waals surface area contributed by atoms with E-state index >= 15 is 0 Å². The van der Waals surface area contributed by atoms with Crippen molar-refractivity contribution in [2.45, 2.75) is 19.2 Å². The van der Waals surface area contributed by atoms with Crippen molar-refractivity contribution < 1.29 is 9.52 Å². The molecule has 2 aromatic carbocycles. The topological polar surface area (TPSA) is 67.1 Å². The third-order valence-electron chi connectivity index (χ3n) is 4.46. The SMILES string of the molecule is N=c1n(Cc2ccc(Cl)cc2)c2ccccc2n1C[C@H](O)c1ccco1. The summed E-state index contributed by atoms with van der Waals surface area (Å²) in [7, 11) is 0. The Kier molecular flexibility index (Phi) is 4.41.